The van der Waals surface area contributed by atoms with Crippen LogP contribution in [0.1, 0.15) is 400 Å². The minimum absolute atomic E-state index is 0.0736. The molecule has 0 saturated carbocycles. The summed E-state index contributed by atoms with van der Waals surface area (Å²) in [7, 11) is 0. The van der Waals surface area contributed by atoms with Crippen molar-refractivity contribution in [1.82, 2.24) is 0 Å². The van der Waals surface area contributed by atoms with E-state index in [-0.39, 0.29) is 31.1 Å². The van der Waals surface area contributed by atoms with Crippen LogP contribution < -0.4 is 0 Å². The molecule has 0 aliphatic rings. The van der Waals surface area contributed by atoms with E-state index in [9.17, 15) is 14.4 Å². The first-order valence-corrected chi connectivity index (χ1v) is 36.0. The summed E-state index contributed by atoms with van der Waals surface area (Å²) >= 11 is 0. The number of ether oxygens (including phenoxy) is 3. The topological polar surface area (TPSA) is 78.9 Å². The predicted octanol–water partition coefficient (Wildman–Crippen LogP) is 24.7. The summed E-state index contributed by atoms with van der Waals surface area (Å²) in [6.45, 7) is 6.69. The Labute approximate surface area is 499 Å². The van der Waals surface area contributed by atoms with E-state index in [2.05, 4.69) is 57.2 Å². The molecule has 1 unspecified atom stereocenters. The number of hydrogen-bond donors (Lipinski definition) is 0. The molecule has 0 aromatic heterocycles. The zero-order valence-electron chi connectivity index (χ0n) is 54.1. The Balaban J connectivity index is 4.16. The van der Waals surface area contributed by atoms with E-state index in [1.54, 1.807) is 0 Å². The zero-order chi connectivity index (χ0) is 57.8. The summed E-state index contributed by atoms with van der Waals surface area (Å²) in [6, 6.07) is 0. The van der Waals surface area contributed by atoms with E-state index in [0.29, 0.717) is 19.3 Å². The average Bonchev–Trinajstić information content (AvgIpc) is 3.46. The van der Waals surface area contributed by atoms with Crippen LogP contribution in [-0.4, -0.2) is 37.2 Å². The summed E-state index contributed by atoms with van der Waals surface area (Å²) in [5, 5.41) is 0. The van der Waals surface area contributed by atoms with Crippen LogP contribution in [0.3, 0.4) is 0 Å². The lowest BCUT2D eigenvalue weighted by atomic mass is 10.0. The summed E-state index contributed by atoms with van der Waals surface area (Å²) < 4.78 is 17.0. The second kappa shape index (κ2) is 69.1. The van der Waals surface area contributed by atoms with Crippen molar-refractivity contribution in [2.24, 2.45) is 0 Å². The normalized spacial score (nSPS) is 12.2. The first kappa shape index (κ1) is 77.6. The van der Waals surface area contributed by atoms with Gasteiger partial charge in [0.25, 0.3) is 0 Å². The van der Waals surface area contributed by atoms with Crippen LogP contribution in [0, 0.1) is 0 Å². The number of carbonyl (C=O) groups is 3. The van der Waals surface area contributed by atoms with Gasteiger partial charge in [-0.05, 0) is 96.3 Å². The Morgan fingerprint density at radius 2 is 0.412 bits per heavy atom. The van der Waals surface area contributed by atoms with Gasteiger partial charge in [-0.25, -0.2) is 0 Å². The second-order valence-electron chi connectivity index (χ2n) is 24.5. The number of carbonyl (C=O) groups excluding carboxylic acids is 3. The standard InChI is InChI=1S/C74H138O6/c1-4-7-10-13-16-19-22-25-28-30-31-32-33-34-35-36-37-38-39-40-41-42-43-44-47-49-52-55-58-61-64-67-73(76)79-70-71(69-78-72(75)66-63-60-57-54-51-48-45-27-24-21-18-15-12-9-6-3)80-74(77)68-65-62-59-56-53-50-46-29-26-23-20-17-14-11-8-5-2/h27,29-31,45-46,71H,4-26,28,32-44,47-70H2,1-3H3/b31-30-,45-27-,46-29-. The number of allylic oxidation sites excluding steroid dienone is 6. The average molecular weight is 1120 g/mol. The minimum atomic E-state index is -0.779. The zero-order valence-corrected chi connectivity index (χ0v) is 54.1. The van der Waals surface area contributed by atoms with Crippen molar-refractivity contribution in [1.29, 1.82) is 0 Å². The van der Waals surface area contributed by atoms with E-state index in [0.717, 1.165) is 70.6 Å². The number of unbranched alkanes of at least 4 members (excludes halogenated alkanes) is 50. The number of esters is 3. The maximum Gasteiger partial charge on any atom is 0.306 e. The summed E-state index contributed by atoms with van der Waals surface area (Å²) in [5.74, 6) is -0.864. The Bertz CT molecular complexity index is 1340. The molecule has 0 spiro atoms. The molecule has 0 rings (SSSR count). The SMILES string of the molecule is CCCCCCCC/C=C\CCCCCCCC(=O)OCC(COC(=O)CCCCCCCCCCCCCCCCCCCCC/C=C\CCCCCCCCCC)OC(=O)CCCCCCC/C=C\CCCCCCCCC. The minimum Gasteiger partial charge on any atom is -0.462 e. The van der Waals surface area contributed by atoms with Crippen molar-refractivity contribution < 1.29 is 28.6 Å². The van der Waals surface area contributed by atoms with E-state index in [1.165, 1.54) is 289 Å². The fourth-order valence-corrected chi connectivity index (χ4v) is 10.9. The van der Waals surface area contributed by atoms with Gasteiger partial charge in [0.15, 0.2) is 6.10 Å². The Hall–Kier alpha value is -2.37. The van der Waals surface area contributed by atoms with Gasteiger partial charge in [0, 0.05) is 19.3 Å². The highest BCUT2D eigenvalue weighted by molar-refractivity contribution is 5.71. The molecule has 0 amide bonds. The molecule has 470 valence electrons. The molecule has 80 heavy (non-hydrogen) atoms. The molecule has 0 bridgehead atoms. The lowest BCUT2D eigenvalue weighted by molar-refractivity contribution is -0.167. The molecule has 0 radical (unpaired) electrons. The van der Waals surface area contributed by atoms with E-state index >= 15 is 0 Å². The highest BCUT2D eigenvalue weighted by Crippen LogP contribution is 2.18. The van der Waals surface area contributed by atoms with Crippen molar-refractivity contribution in [2.45, 2.75) is 406 Å². The van der Waals surface area contributed by atoms with Crippen molar-refractivity contribution in [2.75, 3.05) is 13.2 Å². The molecular weight excluding hydrogens is 985 g/mol. The highest BCUT2D eigenvalue weighted by Gasteiger charge is 2.19. The quantitative estimate of drug-likeness (QED) is 0.0261. The van der Waals surface area contributed by atoms with Crippen molar-refractivity contribution >= 4 is 17.9 Å². The van der Waals surface area contributed by atoms with E-state index in [1.807, 2.05) is 0 Å². The summed E-state index contributed by atoms with van der Waals surface area (Å²) in [6.07, 6.45) is 86.2. The van der Waals surface area contributed by atoms with Gasteiger partial charge in [-0.2, -0.15) is 0 Å². The van der Waals surface area contributed by atoms with Crippen LogP contribution in [0.25, 0.3) is 0 Å². The molecule has 0 fully saturated rings. The fourth-order valence-electron chi connectivity index (χ4n) is 10.9. The van der Waals surface area contributed by atoms with Crippen molar-refractivity contribution in [3.05, 3.63) is 36.5 Å². The smallest absolute Gasteiger partial charge is 0.306 e. The lowest BCUT2D eigenvalue weighted by Gasteiger charge is -2.18. The van der Waals surface area contributed by atoms with Gasteiger partial charge in [-0.15, -0.1) is 0 Å². The van der Waals surface area contributed by atoms with Gasteiger partial charge < -0.3 is 14.2 Å². The predicted molar refractivity (Wildman–Crippen MR) is 349 cm³/mol. The van der Waals surface area contributed by atoms with Gasteiger partial charge in [0.05, 0.1) is 0 Å². The van der Waals surface area contributed by atoms with Gasteiger partial charge in [-0.1, -0.05) is 320 Å². The largest absolute Gasteiger partial charge is 0.462 e. The Morgan fingerprint density at radius 1 is 0.237 bits per heavy atom. The van der Waals surface area contributed by atoms with Crippen LogP contribution in [0.4, 0.5) is 0 Å². The first-order valence-electron chi connectivity index (χ1n) is 36.0. The third-order valence-corrected chi connectivity index (χ3v) is 16.3. The molecule has 0 N–H and O–H groups in total. The van der Waals surface area contributed by atoms with Crippen molar-refractivity contribution in [3.63, 3.8) is 0 Å². The first-order chi connectivity index (χ1) is 39.5. The van der Waals surface area contributed by atoms with Crippen LogP contribution in [0.5, 0.6) is 0 Å². The molecule has 0 aliphatic carbocycles. The molecule has 0 aliphatic heterocycles. The van der Waals surface area contributed by atoms with Gasteiger partial charge >= 0.3 is 17.9 Å². The van der Waals surface area contributed by atoms with E-state index in [4.69, 9.17) is 14.2 Å². The second-order valence-corrected chi connectivity index (χ2v) is 24.5. The fraction of sp³-hybridized carbons (Fsp3) is 0.878. The Kier molecular flexibility index (Phi) is 67.1. The molecule has 0 aromatic carbocycles. The van der Waals surface area contributed by atoms with E-state index < -0.39 is 6.10 Å². The van der Waals surface area contributed by atoms with Crippen LogP contribution in [0.2, 0.25) is 0 Å². The summed E-state index contributed by atoms with van der Waals surface area (Å²) in [4.78, 5) is 38.4. The molecule has 6 nitrogen and oxygen atoms in total. The van der Waals surface area contributed by atoms with Crippen LogP contribution in [-0.2, 0) is 28.6 Å². The maximum atomic E-state index is 12.9. The molecule has 1 atom stereocenters. The number of hydrogen-bond acceptors (Lipinski definition) is 6. The van der Waals surface area contributed by atoms with Gasteiger partial charge in [0.1, 0.15) is 13.2 Å². The van der Waals surface area contributed by atoms with Gasteiger partial charge in [-0.3, -0.25) is 14.4 Å². The molecule has 0 aromatic rings. The maximum absolute atomic E-state index is 12.9. The number of rotatable bonds is 67. The van der Waals surface area contributed by atoms with Crippen LogP contribution >= 0.6 is 0 Å². The lowest BCUT2D eigenvalue weighted by Crippen LogP contribution is -2.30. The molecule has 0 saturated heterocycles. The molecule has 0 heterocycles. The third kappa shape index (κ3) is 66.4. The summed E-state index contributed by atoms with van der Waals surface area (Å²) in [5.41, 5.74) is 0. The molecular formula is C74H138O6. The van der Waals surface area contributed by atoms with Crippen LogP contribution in [0.15, 0.2) is 36.5 Å². The molecule has 6 heteroatoms. The highest BCUT2D eigenvalue weighted by atomic mass is 16.6. The van der Waals surface area contributed by atoms with Crippen molar-refractivity contribution in [3.8, 4) is 0 Å². The monoisotopic (exact) mass is 1120 g/mol. The Morgan fingerprint density at radius 3 is 0.625 bits per heavy atom. The third-order valence-electron chi connectivity index (χ3n) is 16.3. The van der Waals surface area contributed by atoms with Gasteiger partial charge in [0.2, 0.25) is 0 Å².